The van der Waals surface area contributed by atoms with Gasteiger partial charge >= 0.3 is 12.4 Å². The molecule has 0 spiro atoms. The van der Waals surface area contributed by atoms with Crippen molar-refractivity contribution in [3.05, 3.63) is 23.1 Å². The van der Waals surface area contributed by atoms with Gasteiger partial charge in [0, 0.05) is 26.2 Å². The van der Waals surface area contributed by atoms with Crippen LogP contribution in [0, 0.1) is 0 Å². The summed E-state index contributed by atoms with van der Waals surface area (Å²) in [5.41, 5.74) is -2.95. The normalized spacial score (nSPS) is 14.9. The van der Waals surface area contributed by atoms with Gasteiger partial charge < -0.3 is 15.5 Å². The molecule has 3 N–H and O–H groups in total. The SMILES string of the molecule is CNc1nc(C(F)(F)F)c(N2CCCC2)nc1C(=O)Nc1cc(C(F)(F)F)[nH]n1. The lowest BCUT2D eigenvalue weighted by Gasteiger charge is -2.22. The van der Waals surface area contributed by atoms with Crippen molar-refractivity contribution in [1.82, 2.24) is 20.2 Å². The van der Waals surface area contributed by atoms with Crippen molar-refractivity contribution in [1.29, 1.82) is 0 Å². The summed E-state index contributed by atoms with van der Waals surface area (Å²) >= 11 is 0. The van der Waals surface area contributed by atoms with Gasteiger partial charge in [-0.05, 0) is 12.8 Å². The average Bonchev–Trinajstić information content (AvgIpc) is 3.31. The maximum Gasteiger partial charge on any atom is 0.437 e. The summed E-state index contributed by atoms with van der Waals surface area (Å²) in [5, 5.41) is 9.48. The van der Waals surface area contributed by atoms with Crippen LogP contribution in [0.5, 0.6) is 0 Å². The molecule has 0 aliphatic carbocycles. The number of rotatable bonds is 4. The van der Waals surface area contributed by atoms with E-state index in [4.69, 9.17) is 0 Å². The molecule has 0 radical (unpaired) electrons. The van der Waals surface area contributed by atoms with Gasteiger partial charge in [-0.1, -0.05) is 0 Å². The first kappa shape index (κ1) is 20.7. The number of carbonyl (C=O) groups is 1. The number of aromatic nitrogens is 4. The van der Waals surface area contributed by atoms with Crippen LogP contribution in [0.4, 0.5) is 43.8 Å². The molecule has 1 amide bonds. The number of hydrogen-bond acceptors (Lipinski definition) is 6. The lowest BCUT2D eigenvalue weighted by molar-refractivity contribution is -0.141. The molecule has 2 aromatic heterocycles. The number of aromatic amines is 1. The maximum absolute atomic E-state index is 13.4. The highest BCUT2D eigenvalue weighted by Crippen LogP contribution is 2.37. The zero-order chi connectivity index (χ0) is 21.4. The van der Waals surface area contributed by atoms with Crippen molar-refractivity contribution in [2.45, 2.75) is 25.2 Å². The van der Waals surface area contributed by atoms with Crippen molar-refractivity contribution >= 4 is 23.4 Å². The predicted octanol–water partition coefficient (Wildman–Crippen LogP) is 3.13. The lowest BCUT2D eigenvalue weighted by atomic mass is 10.3. The zero-order valence-electron chi connectivity index (χ0n) is 14.9. The van der Waals surface area contributed by atoms with Crippen molar-refractivity contribution in [3.63, 3.8) is 0 Å². The molecule has 158 valence electrons. The smallest absolute Gasteiger partial charge is 0.371 e. The monoisotopic (exact) mass is 423 g/mol. The molecule has 3 rings (SSSR count). The predicted molar refractivity (Wildman–Crippen MR) is 89.6 cm³/mol. The second-order valence-corrected chi connectivity index (χ2v) is 6.15. The van der Waals surface area contributed by atoms with E-state index in [1.54, 1.807) is 5.10 Å². The van der Waals surface area contributed by atoms with Crippen LogP contribution in [0.2, 0.25) is 0 Å². The van der Waals surface area contributed by atoms with Crippen LogP contribution in [0.25, 0.3) is 0 Å². The van der Waals surface area contributed by atoms with Crippen LogP contribution in [0.3, 0.4) is 0 Å². The maximum atomic E-state index is 13.4. The summed E-state index contributed by atoms with van der Waals surface area (Å²) in [6.45, 7) is 0.623. The van der Waals surface area contributed by atoms with Gasteiger partial charge in [-0.2, -0.15) is 31.4 Å². The zero-order valence-corrected chi connectivity index (χ0v) is 14.9. The molecule has 1 saturated heterocycles. The first-order valence-corrected chi connectivity index (χ1v) is 8.36. The number of H-pyrrole nitrogens is 1. The first-order chi connectivity index (χ1) is 13.5. The van der Waals surface area contributed by atoms with E-state index in [-0.39, 0.29) is 0 Å². The number of nitrogens with one attached hydrogen (secondary N) is 3. The Morgan fingerprint density at radius 3 is 2.28 bits per heavy atom. The third-order valence-electron chi connectivity index (χ3n) is 4.13. The molecule has 0 saturated carbocycles. The van der Waals surface area contributed by atoms with Gasteiger partial charge in [-0.15, -0.1) is 0 Å². The van der Waals surface area contributed by atoms with E-state index in [9.17, 15) is 31.1 Å². The molecule has 1 fully saturated rings. The molecule has 8 nitrogen and oxygen atoms in total. The molecule has 29 heavy (non-hydrogen) atoms. The van der Waals surface area contributed by atoms with Gasteiger partial charge in [0.15, 0.2) is 28.8 Å². The van der Waals surface area contributed by atoms with Gasteiger partial charge in [-0.3, -0.25) is 9.89 Å². The Labute approximate surface area is 159 Å². The fraction of sp³-hybridized carbons (Fsp3) is 0.467. The van der Waals surface area contributed by atoms with E-state index in [2.05, 4.69) is 25.7 Å². The fourth-order valence-corrected chi connectivity index (χ4v) is 2.81. The lowest BCUT2D eigenvalue weighted by Crippen LogP contribution is -2.28. The minimum Gasteiger partial charge on any atom is -0.371 e. The number of nitrogens with zero attached hydrogens (tertiary/aromatic N) is 4. The van der Waals surface area contributed by atoms with E-state index in [0.29, 0.717) is 32.0 Å². The van der Waals surface area contributed by atoms with Gasteiger partial charge in [0.1, 0.15) is 5.69 Å². The molecule has 0 atom stereocenters. The minimum absolute atomic E-state index is 0.312. The summed E-state index contributed by atoms with van der Waals surface area (Å²) in [6.07, 6.45) is -8.21. The van der Waals surface area contributed by atoms with Crippen molar-refractivity contribution < 1.29 is 31.1 Å². The molecule has 0 bridgehead atoms. The van der Waals surface area contributed by atoms with Crippen LogP contribution in [-0.2, 0) is 12.4 Å². The number of alkyl halides is 6. The van der Waals surface area contributed by atoms with Crippen molar-refractivity contribution in [2.75, 3.05) is 35.7 Å². The molecule has 2 aromatic rings. The number of halogens is 6. The van der Waals surface area contributed by atoms with E-state index in [1.165, 1.54) is 11.9 Å². The molecule has 1 aliphatic rings. The van der Waals surface area contributed by atoms with E-state index in [1.807, 2.05) is 0 Å². The van der Waals surface area contributed by atoms with Gasteiger partial charge in [0.25, 0.3) is 5.91 Å². The highest BCUT2D eigenvalue weighted by molar-refractivity contribution is 6.05. The number of anilines is 3. The Morgan fingerprint density at radius 1 is 1.10 bits per heavy atom. The Balaban J connectivity index is 1.98. The fourth-order valence-electron chi connectivity index (χ4n) is 2.81. The highest BCUT2D eigenvalue weighted by Gasteiger charge is 2.40. The summed E-state index contributed by atoms with van der Waals surface area (Å²) in [7, 11) is 1.24. The summed E-state index contributed by atoms with van der Waals surface area (Å²) in [6, 6.07) is 0.551. The highest BCUT2D eigenvalue weighted by atomic mass is 19.4. The third-order valence-corrected chi connectivity index (χ3v) is 4.13. The number of amides is 1. The summed E-state index contributed by atoms with van der Waals surface area (Å²) in [5.74, 6) is -2.49. The van der Waals surface area contributed by atoms with E-state index < -0.39 is 52.8 Å². The molecule has 0 aromatic carbocycles. The van der Waals surface area contributed by atoms with Crippen LogP contribution in [0.1, 0.15) is 34.7 Å². The summed E-state index contributed by atoms with van der Waals surface area (Å²) < 4.78 is 78.2. The molecule has 14 heteroatoms. The number of hydrogen-bond donors (Lipinski definition) is 3. The number of carbonyl (C=O) groups excluding carboxylic acids is 1. The molecular weight excluding hydrogens is 408 g/mol. The first-order valence-electron chi connectivity index (χ1n) is 8.36. The van der Waals surface area contributed by atoms with Crippen LogP contribution < -0.4 is 15.5 Å². The largest absolute Gasteiger partial charge is 0.437 e. The molecule has 0 unspecified atom stereocenters. The Hall–Kier alpha value is -3.06. The standard InChI is InChI=1S/C15H15F6N7O/c1-22-11-9(13(29)23-8-6-7(26-27-8)14(16,17)18)24-12(28-4-2-3-5-28)10(25-11)15(19,20)21/h6H,2-5H2,1H3,(H,22,25)(H2,23,26,27,29). The minimum atomic E-state index is -4.81. The van der Waals surface area contributed by atoms with Gasteiger partial charge in [-0.25, -0.2) is 9.97 Å². The van der Waals surface area contributed by atoms with Gasteiger partial charge in [0.05, 0.1) is 0 Å². The van der Waals surface area contributed by atoms with Crippen LogP contribution in [-0.4, -0.2) is 46.2 Å². The quantitative estimate of drug-likeness (QED) is 0.654. The second kappa shape index (κ2) is 7.40. The third kappa shape index (κ3) is 4.35. The Kier molecular flexibility index (Phi) is 5.28. The van der Waals surface area contributed by atoms with Crippen molar-refractivity contribution in [3.8, 4) is 0 Å². The molecule has 1 aliphatic heterocycles. The topological polar surface area (TPSA) is 98.8 Å². The Morgan fingerprint density at radius 2 is 1.76 bits per heavy atom. The van der Waals surface area contributed by atoms with Crippen LogP contribution in [0.15, 0.2) is 6.07 Å². The molecular formula is C15H15F6N7O. The Bertz CT molecular complexity index is 902. The van der Waals surface area contributed by atoms with Crippen LogP contribution >= 0.6 is 0 Å². The second-order valence-electron chi connectivity index (χ2n) is 6.15. The van der Waals surface area contributed by atoms with Gasteiger partial charge in [0.2, 0.25) is 0 Å². The summed E-state index contributed by atoms with van der Waals surface area (Å²) in [4.78, 5) is 21.2. The average molecular weight is 423 g/mol. The van der Waals surface area contributed by atoms with E-state index in [0.717, 1.165) is 0 Å². The van der Waals surface area contributed by atoms with Crippen molar-refractivity contribution in [2.24, 2.45) is 0 Å². The molecule has 3 heterocycles. The van der Waals surface area contributed by atoms with E-state index >= 15 is 0 Å².